The Balaban J connectivity index is 1.99. The van der Waals surface area contributed by atoms with Gasteiger partial charge < -0.3 is 4.42 Å². The molecule has 0 aliphatic heterocycles. The van der Waals surface area contributed by atoms with Crippen LogP contribution in [0.15, 0.2) is 4.42 Å². The average molecular weight is 313 g/mol. The summed E-state index contributed by atoms with van der Waals surface area (Å²) in [4.78, 5) is 5.57. The first-order chi connectivity index (χ1) is 9.25. The minimum Gasteiger partial charge on any atom is -0.424 e. The van der Waals surface area contributed by atoms with Crippen molar-refractivity contribution in [2.24, 2.45) is 0 Å². The third-order valence-electron chi connectivity index (χ3n) is 2.75. The van der Waals surface area contributed by atoms with E-state index in [1.165, 1.54) is 4.88 Å². The highest BCUT2D eigenvalue weighted by Crippen LogP contribution is 2.22. The molecule has 2 rings (SSSR count). The van der Waals surface area contributed by atoms with Gasteiger partial charge in [0, 0.05) is 21.1 Å². The third-order valence-corrected chi connectivity index (χ3v) is 5.17. The molecule has 0 aromatic carbocycles. The summed E-state index contributed by atoms with van der Waals surface area (Å²) in [7, 11) is -1.08. The van der Waals surface area contributed by atoms with Crippen LogP contribution in [0.25, 0.3) is 0 Å². The van der Waals surface area contributed by atoms with Crippen molar-refractivity contribution in [3.63, 3.8) is 0 Å². The van der Waals surface area contributed by atoms with Crippen molar-refractivity contribution in [2.45, 2.75) is 51.5 Å². The highest BCUT2D eigenvalue weighted by molar-refractivity contribution is 7.83. The van der Waals surface area contributed by atoms with Crippen molar-refractivity contribution in [1.82, 2.24) is 15.2 Å². The summed E-state index contributed by atoms with van der Waals surface area (Å²) < 4.78 is 17.7. The van der Waals surface area contributed by atoms with Crippen LogP contribution < -0.4 is 0 Å². The molecule has 20 heavy (non-hydrogen) atoms. The van der Waals surface area contributed by atoms with Crippen molar-refractivity contribution < 1.29 is 8.63 Å². The molecule has 0 N–H and O–H groups in total. The van der Waals surface area contributed by atoms with Crippen molar-refractivity contribution in [1.29, 1.82) is 0 Å². The molecule has 2 heterocycles. The lowest BCUT2D eigenvalue weighted by Crippen LogP contribution is -2.11. The van der Waals surface area contributed by atoms with E-state index in [9.17, 15) is 4.21 Å². The molecule has 0 fully saturated rings. The first kappa shape index (κ1) is 15.3. The van der Waals surface area contributed by atoms with Gasteiger partial charge in [-0.1, -0.05) is 20.8 Å². The number of hydrogen-bond donors (Lipinski definition) is 0. The quantitative estimate of drug-likeness (QED) is 0.868. The van der Waals surface area contributed by atoms with Gasteiger partial charge in [-0.05, 0) is 13.8 Å². The standard InChI is InChI=1S/C13H19N3O2S2/c1-8-9(2)19-11(14-8)7-20(17)6-10-15-16-12(18-10)13(3,4)5/h6-7H2,1-5H3/t20-/m0/s1. The maximum Gasteiger partial charge on any atom is 0.229 e. The van der Waals surface area contributed by atoms with E-state index < -0.39 is 10.8 Å². The van der Waals surface area contributed by atoms with E-state index in [0.717, 1.165) is 10.7 Å². The Labute approximate surface area is 125 Å². The number of rotatable bonds is 4. The number of nitrogens with zero attached hydrogens (tertiary/aromatic N) is 3. The van der Waals surface area contributed by atoms with Gasteiger partial charge in [-0.25, -0.2) is 4.98 Å². The van der Waals surface area contributed by atoms with E-state index in [4.69, 9.17) is 4.42 Å². The molecular formula is C13H19N3O2S2. The highest BCUT2D eigenvalue weighted by Gasteiger charge is 2.22. The minimum absolute atomic E-state index is 0.184. The molecule has 0 saturated carbocycles. The second-order valence-corrected chi connectivity index (χ2v) is 8.47. The zero-order valence-corrected chi connectivity index (χ0v) is 14.0. The second kappa shape index (κ2) is 5.73. The number of aryl methyl sites for hydroxylation is 2. The van der Waals surface area contributed by atoms with Crippen LogP contribution in [0.3, 0.4) is 0 Å². The Kier molecular flexibility index (Phi) is 4.39. The summed E-state index contributed by atoms with van der Waals surface area (Å²) in [5.74, 6) is 1.72. The Bertz CT molecular complexity index is 606. The fourth-order valence-corrected chi connectivity index (χ4v) is 3.74. The molecule has 2 aromatic heterocycles. The van der Waals surface area contributed by atoms with E-state index in [1.54, 1.807) is 11.3 Å². The average Bonchev–Trinajstić information content (AvgIpc) is 2.86. The molecular weight excluding hydrogens is 294 g/mol. The van der Waals surface area contributed by atoms with E-state index in [2.05, 4.69) is 15.2 Å². The predicted molar refractivity (Wildman–Crippen MR) is 80.1 cm³/mol. The van der Waals surface area contributed by atoms with Gasteiger partial charge in [-0.2, -0.15) is 0 Å². The summed E-state index contributed by atoms with van der Waals surface area (Å²) in [5.41, 5.74) is 0.825. The molecule has 2 aromatic rings. The Hall–Kier alpha value is -1.08. The van der Waals surface area contributed by atoms with Crippen molar-refractivity contribution in [2.75, 3.05) is 0 Å². The topological polar surface area (TPSA) is 68.9 Å². The second-order valence-electron chi connectivity index (χ2n) is 5.73. The third kappa shape index (κ3) is 3.73. The van der Waals surface area contributed by atoms with Crippen molar-refractivity contribution >= 4 is 22.1 Å². The van der Waals surface area contributed by atoms with Gasteiger partial charge in [0.15, 0.2) is 0 Å². The summed E-state index contributed by atoms with van der Waals surface area (Å²) in [6.45, 7) is 9.99. The lowest BCUT2D eigenvalue weighted by molar-refractivity contribution is 0.378. The van der Waals surface area contributed by atoms with E-state index in [1.807, 2.05) is 34.6 Å². The van der Waals surface area contributed by atoms with Crippen LogP contribution in [0.1, 0.15) is 48.1 Å². The fraction of sp³-hybridized carbons (Fsp3) is 0.615. The van der Waals surface area contributed by atoms with Gasteiger partial charge >= 0.3 is 0 Å². The molecule has 0 aliphatic carbocycles. The van der Waals surface area contributed by atoms with Gasteiger partial charge in [0.05, 0.1) is 11.4 Å². The molecule has 0 bridgehead atoms. The summed E-state index contributed by atoms with van der Waals surface area (Å²) in [6, 6.07) is 0. The molecule has 0 radical (unpaired) electrons. The summed E-state index contributed by atoms with van der Waals surface area (Å²) in [6.07, 6.45) is 0. The number of aromatic nitrogens is 3. The molecule has 0 spiro atoms. The van der Waals surface area contributed by atoms with E-state index in [0.29, 0.717) is 17.5 Å². The van der Waals surface area contributed by atoms with Crippen LogP contribution in [0.5, 0.6) is 0 Å². The molecule has 5 nitrogen and oxygen atoms in total. The Morgan fingerprint density at radius 3 is 2.40 bits per heavy atom. The normalized spacial score (nSPS) is 13.7. The molecule has 0 unspecified atom stereocenters. The van der Waals surface area contributed by atoms with Gasteiger partial charge in [0.25, 0.3) is 0 Å². The van der Waals surface area contributed by atoms with Gasteiger partial charge in [-0.3, -0.25) is 4.21 Å². The maximum atomic E-state index is 12.1. The molecule has 0 saturated heterocycles. The highest BCUT2D eigenvalue weighted by atomic mass is 32.2. The largest absolute Gasteiger partial charge is 0.424 e. The zero-order valence-electron chi connectivity index (χ0n) is 12.4. The fourth-order valence-electron chi connectivity index (χ4n) is 1.54. The molecule has 0 amide bonds. The van der Waals surface area contributed by atoms with Crippen LogP contribution in [0, 0.1) is 13.8 Å². The van der Waals surface area contributed by atoms with Crippen LogP contribution in [-0.2, 0) is 27.7 Å². The summed E-state index contributed by atoms with van der Waals surface area (Å²) in [5, 5.41) is 8.86. The van der Waals surface area contributed by atoms with Crippen LogP contribution in [0.4, 0.5) is 0 Å². The van der Waals surface area contributed by atoms with E-state index >= 15 is 0 Å². The molecule has 1 atom stereocenters. The predicted octanol–water partition coefficient (Wildman–Crippen LogP) is 2.89. The van der Waals surface area contributed by atoms with Crippen LogP contribution in [0.2, 0.25) is 0 Å². The van der Waals surface area contributed by atoms with Crippen LogP contribution in [-0.4, -0.2) is 19.4 Å². The van der Waals surface area contributed by atoms with Crippen molar-refractivity contribution in [3.8, 4) is 0 Å². The first-order valence-electron chi connectivity index (χ1n) is 6.36. The molecule has 0 aliphatic rings. The molecule has 7 heteroatoms. The smallest absolute Gasteiger partial charge is 0.229 e. The Morgan fingerprint density at radius 2 is 1.90 bits per heavy atom. The van der Waals surface area contributed by atoms with Gasteiger partial charge in [0.1, 0.15) is 10.8 Å². The molecule has 110 valence electrons. The number of hydrogen-bond acceptors (Lipinski definition) is 6. The van der Waals surface area contributed by atoms with Crippen LogP contribution >= 0.6 is 11.3 Å². The van der Waals surface area contributed by atoms with E-state index in [-0.39, 0.29) is 11.2 Å². The van der Waals surface area contributed by atoms with Gasteiger partial charge in [0.2, 0.25) is 11.8 Å². The van der Waals surface area contributed by atoms with Crippen molar-refractivity contribution in [3.05, 3.63) is 27.4 Å². The monoisotopic (exact) mass is 313 g/mol. The minimum atomic E-state index is -1.08. The summed E-state index contributed by atoms with van der Waals surface area (Å²) >= 11 is 1.59. The lowest BCUT2D eigenvalue weighted by Gasteiger charge is -2.10. The SMILES string of the molecule is Cc1nc(C[S@@](=O)Cc2nnc(C(C)(C)C)o2)sc1C. The lowest BCUT2D eigenvalue weighted by atomic mass is 9.97. The number of thiazole rings is 1. The zero-order chi connectivity index (χ0) is 14.9. The van der Waals surface area contributed by atoms with Gasteiger partial charge in [-0.15, -0.1) is 21.5 Å². The first-order valence-corrected chi connectivity index (χ1v) is 8.67. The Morgan fingerprint density at radius 1 is 1.20 bits per heavy atom. The maximum absolute atomic E-state index is 12.1.